The maximum atomic E-state index is 12.5. The molecule has 1 saturated carbocycles. The molecule has 2 bridgehead atoms. The summed E-state index contributed by atoms with van der Waals surface area (Å²) >= 11 is 0. The third-order valence-corrected chi connectivity index (χ3v) is 6.29. The highest BCUT2D eigenvalue weighted by Gasteiger charge is 2.49. The van der Waals surface area contributed by atoms with Crippen LogP contribution in [-0.4, -0.2) is 29.8 Å². The number of ketones is 1. The Labute approximate surface area is 117 Å². The zero-order valence-electron chi connectivity index (χ0n) is 12.6. The Morgan fingerprint density at radius 1 is 1.11 bits per heavy atom. The van der Waals surface area contributed by atoms with Crippen LogP contribution in [0.3, 0.4) is 0 Å². The molecule has 2 saturated heterocycles. The van der Waals surface area contributed by atoms with Crippen LogP contribution >= 0.6 is 0 Å². The monoisotopic (exact) mass is 263 g/mol. The number of hydrogen-bond acceptors (Lipinski definition) is 2. The summed E-state index contributed by atoms with van der Waals surface area (Å²) in [5, 5.41) is 0. The lowest BCUT2D eigenvalue weighted by atomic mass is 9.67. The van der Waals surface area contributed by atoms with Crippen molar-refractivity contribution in [2.24, 2.45) is 17.8 Å². The number of rotatable bonds is 3. The summed E-state index contributed by atoms with van der Waals surface area (Å²) in [6.07, 6.45) is 11.6. The van der Waals surface area contributed by atoms with Crippen LogP contribution in [0.5, 0.6) is 0 Å². The molecule has 0 aromatic rings. The SMILES string of the molecule is CCC(=O)[C@H]1[C@@H](C2CCCCC2)C[C@@H]2CC[C@H]1N2C. The summed E-state index contributed by atoms with van der Waals surface area (Å²) in [4.78, 5) is 15.1. The topological polar surface area (TPSA) is 20.3 Å². The fourth-order valence-electron chi connectivity index (χ4n) is 5.24. The number of piperidine rings is 1. The van der Waals surface area contributed by atoms with E-state index in [1.807, 2.05) is 0 Å². The van der Waals surface area contributed by atoms with Gasteiger partial charge in [-0.1, -0.05) is 39.0 Å². The number of hydrogen-bond donors (Lipinski definition) is 0. The molecule has 0 N–H and O–H groups in total. The van der Waals surface area contributed by atoms with Gasteiger partial charge >= 0.3 is 0 Å². The average molecular weight is 263 g/mol. The Hall–Kier alpha value is -0.370. The van der Waals surface area contributed by atoms with Crippen LogP contribution < -0.4 is 0 Å². The van der Waals surface area contributed by atoms with E-state index in [0.29, 0.717) is 23.7 Å². The van der Waals surface area contributed by atoms with Gasteiger partial charge in [0.2, 0.25) is 0 Å². The molecule has 19 heavy (non-hydrogen) atoms. The largest absolute Gasteiger partial charge is 0.300 e. The van der Waals surface area contributed by atoms with Crippen molar-refractivity contribution in [1.29, 1.82) is 0 Å². The van der Waals surface area contributed by atoms with E-state index < -0.39 is 0 Å². The van der Waals surface area contributed by atoms with Crippen LogP contribution in [0.1, 0.15) is 64.7 Å². The molecular formula is C17H29NO. The van der Waals surface area contributed by atoms with E-state index in [-0.39, 0.29) is 0 Å². The van der Waals surface area contributed by atoms with Gasteiger partial charge in [0.1, 0.15) is 5.78 Å². The summed E-state index contributed by atoms with van der Waals surface area (Å²) in [7, 11) is 2.26. The van der Waals surface area contributed by atoms with Gasteiger partial charge in [0.05, 0.1) is 0 Å². The smallest absolute Gasteiger partial charge is 0.137 e. The Bertz CT molecular complexity index is 334. The van der Waals surface area contributed by atoms with Crippen LogP contribution in [0, 0.1) is 17.8 Å². The van der Waals surface area contributed by atoms with Crippen molar-refractivity contribution in [2.75, 3.05) is 7.05 Å². The summed E-state index contributed by atoms with van der Waals surface area (Å²) in [6, 6.07) is 1.34. The highest BCUT2D eigenvalue weighted by Crippen LogP contribution is 2.48. The van der Waals surface area contributed by atoms with E-state index in [9.17, 15) is 4.79 Å². The van der Waals surface area contributed by atoms with Gasteiger partial charge in [-0.15, -0.1) is 0 Å². The molecule has 1 aliphatic carbocycles. The van der Waals surface area contributed by atoms with E-state index in [2.05, 4.69) is 18.9 Å². The maximum Gasteiger partial charge on any atom is 0.137 e. The van der Waals surface area contributed by atoms with Gasteiger partial charge in [-0.25, -0.2) is 0 Å². The lowest BCUT2D eigenvalue weighted by molar-refractivity contribution is -0.130. The lowest BCUT2D eigenvalue weighted by Crippen LogP contribution is -2.51. The zero-order valence-corrected chi connectivity index (χ0v) is 12.6. The highest BCUT2D eigenvalue weighted by atomic mass is 16.1. The van der Waals surface area contributed by atoms with E-state index in [1.165, 1.54) is 51.4 Å². The first-order valence-corrected chi connectivity index (χ1v) is 8.47. The van der Waals surface area contributed by atoms with E-state index in [1.54, 1.807) is 0 Å². The number of carbonyl (C=O) groups excluding carboxylic acids is 1. The van der Waals surface area contributed by atoms with Crippen molar-refractivity contribution >= 4 is 5.78 Å². The lowest BCUT2D eigenvalue weighted by Gasteiger charge is -2.46. The van der Waals surface area contributed by atoms with Crippen molar-refractivity contribution in [2.45, 2.75) is 76.8 Å². The summed E-state index contributed by atoms with van der Waals surface area (Å²) in [5.74, 6) is 2.47. The molecule has 2 nitrogen and oxygen atoms in total. The fraction of sp³-hybridized carbons (Fsp3) is 0.941. The van der Waals surface area contributed by atoms with Crippen LogP contribution in [0.4, 0.5) is 0 Å². The maximum absolute atomic E-state index is 12.5. The molecule has 0 aromatic carbocycles. The third kappa shape index (κ3) is 2.37. The van der Waals surface area contributed by atoms with Gasteiger partial charge < -0.3 is 0 Å². The number of Topliss-reactive ketones (excluding diaryl/α,β-unsaturated/α-hetero) is 1. The van der Waals surface area contributed by atoms with Crippen LogP contribution in [0.25, 0.3) is 0 Å². The number of nitrogens with zero attached hydrogens (tertiary/aromatic N) is 1. The molecule has 0 unspecified atom stereocenters. The van der Waals surface area contributed by atoms with Gasteiger partial charge in [0.25, 0.3) is 0 Å². The Kier molecular flexibility index (Phi) is 3.98. The normalized spacial score (nSPS) is 40.5. The second-order valence-corrected chi connectivity index (χ2v) is 7.11. The second kappa shape index (κ2) is 5.55. The first-order chi connectivity index (χ1) is 9.22. The molecule has 0 spiro atoms. The van der Waals surface area contributed by atoms with Crippen molar-refractivity contribution < 1.29 is 4.79 Å². The first kappa shape index (κ1) is 13.6. The molecular weight excluding hydrogens is 234 g/mol. The fourth-order valence-corrected chi connectivity index (χ4v) is 5.24. The molecule has 0 amide bonds. The standard InChI is InChI=1S/C17H29NO/c1-3-16(19)17-14(12-7-5-4-6-8-12)11-13-9-10-15(17)18(13)2/h12-15,17H,3-11H2,1-2H3/t13-,14+,15+,17-/m0/s1. The molecule has 108 valence electrons. The Morgan fingerprint density at radius 3 is 2.53 bits per heavy atom. The molecule has 4 atom stereocenters. The third-order valence-electron chi connectivity index (χ3n) is 6.29. The van der Waals surface area contributed by atoms with E-state index in [0.717, 1.165) is 18.4 Å². The second-order valence-electron chi connectivity index (χ2n) is 7.11. The predicted octanol–water partition coefficient (Wildman–Crippen LogP) is 3.64. The minimum Gasteiger partial charge on any atom is -0.300 e. The van der Waals surface area contributed by atoms with Crippen molar-refractivity contribution in [3.05, 3.63) is 0 Å². The van der Waals surface area contributed by atoms with Crippen LogP contribution in [0.2, 0.25) is 0 Å². The van der Waals surface area contributed by atoms with Gasteiger partial charge in [-0.3, -0.25) is 9.69 Å². The van der Waals surface area contributed by atoms with Crippen molar-refractivity contribution in [3.8, 4) is 0 Å². The molecule has 0 radical (unpaired) electrons. The van der Waals surface area contributed by atoms with Gasteiger partial charge in [-0.2, -0.15) is 0 Å². The number of fused-ring (bicyclic) bond motifs is 2. The summed E-state index contributed by atoms with van der Waals surface area (Å²) in [5.41, 5.74) is 0. The number of carbonyl (C=O) groups is 1. The Morgan fingerprint density at radius 2 is 1.84 bits per heavy atom. The molecule has 3 rings (SSSR count). The predicted molar refractivity (Wildman–Crippen MR) is 78.0 cm³/mol. The van der Waals surface area contributed by atoms with Crippen molar-refractivity contribution in [3.63, 3.8) is 0 Å². The molecule has 2 heteroatoms. The highest BCUT2D eigenvalue weighted by molar-refractivity contribution is 5.82. The zero-order chi connectivity index (χ0) is 13.4. The quantitative estimate of drug-likeness (QED) is 0.774. The minimum absolute atomic E-state index is 0.358. The first-order valence-electron chi connectivity index (χ1n) is 8.47. The van der Waals surface area contributed by atoms with Crippen molar-refractivity contribution in [1.82, 2.24) is 4.90 Å². The van der Waals surface area contributed by atoms with E-state index in [4.69, 9.17) is 0 Å². The average Bonchev–Trinajstić information content (AvgIpc) is 2.70. The van der Waals surface area contributed by atoms with Gasteiger partial charge in [0, 0.05) is 24.4 Å². The molecule has 2 heterocycles. The Balaban J connectivity index is 1.82. The summed E-state index contributed by atoms with van der Waals surface area (Å²) in [6.45, 7) is 2.06. The van der Waals surface area contributed by atoms with E-state index >= 15 is 0 Å². The van der Waals surface area contributed by atoms with Gasteiger partial charge in [0.15, 0.2) is 0 Å². The minimum atomic E-state index is 0.358. The summed E-state index contributed by atoms with van der Waals surface area (Å²) < 4.78 is 0. The van der Waals surface area contributed by atoms with Crippen LogP contribution in [0.15, 0.2) is 0 Å². The molecule has 2 aliphatic heterocycles. The molecule has 0 aromatic heterocycles. The van der Waals surface area contributed by atoms with Gasteiger partial charge in [-0.05, 0) is 38.1 Å². The van der Waals surface area contributed by atoms with Crippen LogP contribution in [-0.2, 0) is 4.79 Å². The molecule has 3 aliphatic rings. The molecule has 3 fully saturated rings.